The highest BCUT2D eigenvalue weighted by molar-refractivity contribution is 5.83. The highest BCUT2D eigenvalue weighted by Crippen LogP contribution is 1.90. The van der Waals surface area contributed by atoms with E-state index in [0.29, 0.717) is 5.57 Å². The van der Waals surface area contributed by atoms with Crippen LogP contribution in [0.15, 0.2) is 11.6 Å². The van der Waals surface area contributed by atoms with Gasteiger partial charge in [0.05, 0.1) is 48.3 Å². The zero-order chi connectivity index (χ0) is 13.7. The van der Waals surface area contributed by atoms with Crippen LogP contribution in [-0.4, -0.2) is 48.3 Å². The Hall–Kier alpha value is -0.390. The fourth-order valence-corrected chi connectivity index (χ4v) is 0.390. The van der Waals surface area contributed by atoms with Gasteiger partial charge in [0.1, 0.15) is 0 Å². The van der Waals surface area contributed by atoms with Crippen LogP contribution in [0.4, 0.5) is 0 Å². The topological polar surface area (TPSA) is 49.0 Å². The number of carboxylic acids is 1. The summed E-state index contributed by atoms with van der Waals surface area (Å²) in [6.45, 7) is 3.41. The largest absolute Gasteiger partial charge is 1.00 e. The van der Waals surface area contributed by atoms with Crippen LogP contribution in [0, 0.1) is 0 Å². The standard InChI is InChI=1S/C6H10O2.2C3H9N.BrH/c1-3-4-5(2)6(7)8;2*1-4(2)3;/h4H,3H2,1-2H3,(H,7,8);2*1-3H3;1H. The zero-order valence-corrected chi connectivity index (χ0v) is 14.1. The lowest BCUT2D eigenvalue weighted by atomic mass is 10.2. The normalized spacial score (nSPS) is 9.65. The van der Waals surface area contributed by atoms with Gasteiger partial charge in [-0.2, -0.15) is 0 Å². The molecular formula is C12H29BrN2O2. The first-order valence-electron chi connectivity index (χ1n) is 5.56. The van der Waals surface area contributed by atoms with Gasteiger partial charge in [0.25, 0.3) is 0 Å². The molecule has 0 aromatic heterocycles. The van der Waals surface area contributed by atoms with E-state index in [9.17, 15) is 9.90 Å². The quantitative estimate of drug-likeness (QED) is 0.500. The van der Waals surface area contributed by atoms with E-state index in [0.717, 1.165) is 6.42 Å². The van der Waals surface area contributed by atoms with Crippen LogP contribution in [0.25, 0.3) is 0 Å². The first-order valence-corrected chi connectivity index (χ1v) is 5.56. The van der Waals surface area contributed by atoms with E-state index in [1.807, 2.05) is 6.92 Å². The molecule has 17 heavy (non-hydrogen) atoms. The van der Waals surface area contributed by atoms with Crippen molar-refractivity contribution in [1.82, 2.24) is 0 Å². The number of carboxylic acid groups (broad SMARTS) is 1. The average Bonchev–Trinajstić information content (AvgIpc) is 2.02. The van der Waals surface area contributed by atoms with Crippen molar-refractivity contribution in [2.24, 2.45) is 0 Å². The molecule has 0 saturated carbocycles. The minimum atomic E-state index is -1.08. The molecular weight excluding hydrogens is 284 g/mol. The Kier molecular flexibility index (Phi) is 26.9. The van der Waals surface area contributed by atoms with Crippen molar-refractivity contribution >= 4 is 5.97 Å². The van der Waals surface area contributed by atoms with Crippen molar-refractivity contribution < 1.29 is 36.7 Å². The van der Waals surface area contributed by atoms with Crippen molar-refractivity contribution in [3.05, 3.63) is 11.6 Å². The molecule has 0 fully saturated rings. The van der Waals surface area contributed by atoms with Crippen molar-refractivity contribution in [2.75, 3.05) is 42.3 Å². The molecule has 0 radical (unpaired) electrons. The molecule has 0 rings (SSSR count). The van der Waals surface area contributed by atoms with E-state index in [1.54, 1.807) is 6.08 Å². The molecule has 0 saturated heterocycles. The Balaban J connectivity index is -0.0000000806. The van der Waals surface area contributed by atoms with Gasteiger partial charge in [-0.15, -0.1) is 0 Å². The fourth-order valence-electron chi connectivity index (χ4n) is 0.390. The first-order chi connectivity index (χ1) is 7.14. The summed E-state index contributed by atoms with van der Waals surface area (Å²) in [4.78, 5) is 12.7. The molecule has 2 N–H and O–H groups in total. The number of nitrogens with one attached hydrogen (secondary N) is 2. The van der Waals surface area contributed by atoms with E-state index < -0.39 is 5.97 Å². The van der Waals surface area contributed by atoms with Gasteiger partial charge >= 0.3 is 0 Å². The second-order valence-corrected chi connectivity index (χ2v) is 4.58. The molecule has 5 heteroatoms. The van der Waals surface area contributed by atoms with E-state index in [-0.39, 0.29) is 17.0 Å². The van der Waals surface area contributed by atoms with Gasteiger partial charge in [0, 0.05) is 0 Å². The maximum atomic E-state index is 9.91. The van der Waals surface area contributed by atoms with Crippen LogP contribution in [0.3, 0.4) is 0 Å². The maximum Gasteiger partial charge on any atom is 0.0668 e. The molecule has 0 spiro atoms. The zero-order valence-electron chi connectivity index (χ0n) is 12.5. The molecule has 0 aromatic carbocycles. The number of carbonyl (C=O) groups excluding carboxylic acids is 1. The molecule has 0 unspecified atom stereocenters. The summed E-state index contributed by atoms with van der Waals surface area (Å²) in [5.41, 5.74) is 0.313. The Bertz CT molecular complexity index is 181. The monoisotopic (exact) mass is 312 g/mol. The van der Waals surface area contributed by atoms with Gasteiger partial charge in [0.2, 0.25) is 0 Å². The molecule has 0 aliphatic carbocycles. The second kappa shape index (κ2) is 18.0. The number of quaternary nitrogens is 2. The van der Waals surface area contributed by atoms with Gasteiger partial charge in [-0.25, -0.2) is 0 Å². The van der Waals surface area contributed by atoms with Crippen LogP contribution in [0.1, 0.15) is 20.3 Å². The van der Waals surface area contributed by atoms with Gasteiger partial charge < -0.3 is 36.7 Å². The Labute approximate surface area is 117 Å². The lowest BCUT2D eigenvalue weighted by Crippen LogP contribution is -3.02. The molecule has 0 bridgehead atoms. The molecule has 106 valence electrons. The van der Waals surface area contributed by atoms with E-state index in [4.69, 9.17) is 0 Å². The molecule has 0 heterocycles. The number of hydrogen-bond donors (Lipinski definition) is 2. The van der Waals surface area contributed by atoms with Crippen molar-refractivity contribution in [3.8, 4) is 0 Å². The summed E-state index contributed by atoms with van der Waals surface area (Å²) in [7, 11) is 12.5. The molecule has 4 nitrogen and oxygen atoms in total. The van der Waals surface area contributed by atoms with Gasteiger partial charge in [0.15, 0.2) is 0 Å². The predicted molar refractivity (Wildman–Crippen MR) is 66.5 cm³/mol. The fraction of sp³-hybridized carbons (Fsp3) is 0.750. The van der Waals surface area contributed by atoms with Crippen LogP contribution in [-0.2, 0) is 4.79 Å². The highest BCUT2D eigenvalue weighted by Gasteiger charge is 1.83. The van der Waals surface area contributed by atoms with Crippen molar-refractivity contribution in [3.63, 3.8) is 0 Å². The lowest BCUT2D eigenvalue weighted by molar-refractivity contribution is -0.836. The number of allylic oxidation sites excluding steroid dienone is 1. The van der Waals surface area contributed by atoms with E-state index in [2.05, 4.69) is 42.3 Å². The lowest BCUT2D eigenvalue weighted by Gasteiger charge is -1.97. The summed E-state index contributed by atoms with van der Waals surface area (Å²) in [5.74, 6) is -1.08. The third-order valence-electron chi connectivity index (χ3n) is 0.832. The number of hydrogen-bond acceptors (Lipinski definition) is 2. The third kappa shape index (κ3) is 66.2. The number of carbonyl (C=O) groups is 1. The predicted octanol–water partition coefficient (Wildman–Crippen LogP) is -5.38. The molecule has 0 atom stereocenters. The Morgan fingerprint density at radius 1 is 1.06 bits per heavy atom. The average molecular weight is 313 g/mol. The SMILES string of the molecule is CCC=C(C)C(=O)[O-].C[NH+](C)C.C[NH+](C)C.[Br-]. The van der Waals surface area contributed by atoms with Crippen LogP contribution in [0.5, 0.6) is 0 Å². The maximum absolute atomic E-state index is 9.91. The van der Waals surface area contributed by atoms with Crippen LogP contribution >= 0.6 is 0 Å². The van der Waals surface area contributed by atoms with Crippen molar-refractivity contribution in [1.29, 1.82) is 0 Å². The molecule has 0 amide bonds. The number of rotatable bonds is 2. The second-order valence-electron chi connectivity index (χ2n) is 4.58. The smallest absolute Gasteiger partial charge is 0.0668 e. The number of aliphatic carboxylic acids is 1. The highest BCUT2D eigenvalue weighted by atomic mass is 79.9. The summed E-state index contributed by atoms with van der Waals surface area (Å²) < 4.78 is 0. The molecule has 0 aromatic rings. The Morgan fingerprint density at radius 3 is 1.35 bits per heavy atom. The summed E-state index contributed by atoms with van der Waals surface area (Å²) in [6.07, 6.45) is 2.37. The summed E-state index contributed by atoms with van der Waals surface area (Å²) >= 11 is 0. The van der Waals surface area contributed by atoms with Gasteiger partial charge in [-0.3, -0.25) is 0 Å². The van der Waals surface area contributed by atoms with E-state index >= 15 is 0 Å². The number of halogens is 1. The minimum Gasteiger partial charge on any atom is -1.00 e. The Morgan fingerprint density at radius 2 is 1.29 bits per heavy atom. The molecule has 0 aliphatic heterocycles. The van der Waals surface area contributed by atoms with Crippen LogP contribution in [0.2, 0.25) is 0 Å². The first kappa shape index (κ1) is 25.5. The van der Waals surface area contributed by atoms with Gasteiger partial charge in [-0.1, -0.05) is 13.0 Å². The summed E-state index contributed by atoms with van der Waals surface area (Å²) in [6, 6.07) is 0. The third-order valence-corrected chi connectivity index (χ3v) is 0.832. The summed E-state index contributed by atoms with van der Waals surface area (Å²) in [5, 5.41) is 9.91. The van der Waals surface area contributed by atoms with E-state index in [1.165, 1.54) is 16.7 Å². The van der Waals surface area contributed by atoms with Crippen molar-refractivity contribution in [2.45, 2.75) is 20.3 Å². The van der Waals surface area contributed by atoms with Gasteiger partial charge in [-0.05, 0) is 18.9 Å². The minimum absolute atomic E-state index is 0. The van der Waals surface area contributed by atoms with Crippen LogP contribution < -0.4 is 31.9 Å². The molecule has 0 aliphatic rings.